The van der Waals surface area contributed by atoms with Crippen LogP contribution in [0.15, 0.2) is 30.5 Å². The van der Waals surface area contributed by atoms with Crippen molar-refractivity contribution in [2.45, 2.75) is 26.4 Å². The molecular weight excluding hydrogens is 165 g/mol. The van der Waals surface area contributed by atoms with E-state index >= 15 is 0 Å². The molecule has 1 aromatic heterocycles. The lowest BCUT2D eigenvalue weighted by Gasteiger charge is -2.14. The summed E-state index contributed by atoms with van der Waals surface area (Å²) in [5.41, 5.74) is 0.0406. The highest BCUT2D eigenvalue weighted by Gasteiger charge is 2.22. The van der Waals surface area contributed by atoms with Crippen molar-refractivity contribution in [1.82, 2.24) is 4.98 Å². The number of pyridine rings is 1. The van der Waals surface area contributed by atoms with E-state index in [0.29, 0.717) is 5.69 Å². The zero-order valence-corrected chi connectivity index (χ0v) is 8.21. The summed E-state index contributed by atoms with van der Waals surface area (Å²) >= 11 is 0. The Labute approximate surface area is 78.3 Å². The topological polar surface area (TPSA) is 12.9 Å². The van der Waals surface area contributed by atoms with E-state index < -0.39 is 5.67 Å². The molecule has 0 amide bonds. The molecule has 0 bridgehead atoms. The van der Waals surface area contributed by atoms with Gasteiger partial charge < -0.3 is 0 Å². The van der Waals surface area contributed by atoms with E-state index in [1.54, 1.807) is 25.3 Å². The van der Waals surface area contributed by atoms with Crippen molar-refractivity contribution in [2.24, 2.45) is 0 Å². The summed E-state index contributed by atoms with van der Waals surface area (Å²) in [5.74, 6) is 0. The maximum atomic E-state index is 13.8. The van der Waals surface area contributed by atoms with E-state index in [9.17, 15) is 4.39 Å². The first-order chi connectivity index (χ1) is 6.06. The summed E-state index contributed by atoms with van der Waals surface area (Å²) < 4.78 is 13.8. The SMILES string of the molecule is CC=CC(C)(F)c1ccc(C)cn1. The monoisotopic (exact) mass is 179 g/mol. The Morgan fingerprint density at radius 3 is 2.62 bits per heavy atom. The molecule has 1 heterocycles. The predicted molar refractivity (Wildman–Crippen MR) is 52.2 cm³/mol. The van der Waals surface area contributed by atoms with Crippen molar-refractivity contribution in [3.8, 4) is 0 Å². The summed E-state index contributed by atoms with van der Waals surface area (Å²) in [5, 5.41) is 0. The quantitative estimate of drug-likeness (QED) is 0.635. The first-order valence-corrected chi connectivity index (χ1v) is 4.32. The van der Waals surface area contributed by atoms with Gasteiger partial charge in [-0.1, -0.05) is 12.1 Å². The van der Waals surface area contributed by atoms with Gasteiger partial charge in [0.25, 0.3) is 0 Å². The minimum atomic E-state index is -1.46. The van der Waals surface area contributed by atoms with Crippen LogP contribution in [0, 0.1) is 6.92 Å². The van der Waals surface area contributed by atoms with Crippen LogP contribution in [0.2, 0.25) is 0 Å². The van der Waals surface area contributed by atoms with E-state index in [1.165, 1.54) is 13.0 Å². The Bertz CT molecular complexity index is 298. The molecule has 0 aliphatic rings. The van der Waals surface area contributed by atoms with Crippen molar-refractivity contribution in [3.05, 3.63) is 41.7 Å². The van der Waals surface area contributed by atoms with Crippen LogP contribution in [0.1, 0.15) is 25.1 Å². The molecule has 70 valence electrons. The Kier molecular flexibility index (Phi) is 2.81. The van der Waals surface area contributed by atoms with E-state index in [0.717, 1.165) is 5.56 Å². The van der Waals surface area contributed by atoms with Crippen molar-refractivity contribution in [2.75, 3.05) is 0 Å². The fourth-order valence-corrected chi connectivity index (χ4v) is 1.16. The van der Waals surface area contributed by atoms with Gasteiger partial charge >= 0.3 is 0 Å². The molecule has 0 spiro atoms. The highest BCUT2D eigenvalue weighted by molar-refractivity contribution is 5.21. The second kappa shape index (κ2) is 3.69. The summed E-state index contributed by atoms with van der Waals surface area (Å²) in [7, 11) is 0. The highest BCUT2D eigenvalue weighted by Crippen LogP contribution is 2.24. The first-order valence-electron chi connectivity index (χ1n) is 4.32. The molecule has 1 aromatic rings. The molecule has 1 unspecified atom stereocenters. The standard InChI is InChI=1S/C11H14FN/c1-4-7-11(3,12)10-6-5-9(2)8-13-10/h4-8H,1-3H3. The van der Waals surface area contributed by atoms with Gasteiger partial charge in [-0.15, -0.1) is 0 Å². The maximum Gasteiger partial charge on any atom is 0.168 e. The second-order valence-corrected chi connectivity index (χ2v) is 3.30. The summed E-state index contributed by atoms with van der Waals surface area (Å²) in [6, 6.07) is 3.58. The number of allylic oxidation sites excluding steroid dienone is 2. The Balaban J connectivity index is 3.00. The van der Waals surface area contributed by atoms with Gasteiger partial charge in [0, 0.05) is 6.20 Å². The van der Waals surface area contributed by atoms with E-state index in [-0.39, 0.29) is 0 Å². The Hall–Kier alpha value is -1.18. The lowest BCUT2D eigenvalue weighted by molar-refractivity contribution is 0.256. The molecular formula is C11H14FN. The predicted octanol–water partition coefficient (Wildman–Crippen LogP) is 3.15. The van der Waals surface area contributed by atoms with E-state index in [2.05, 4.69) is 4.98 Å². The number of hydrogen-bond donors (Lipinski definition) is 0. The highest BCUT2D eigenvalue weighted by atomic mass is 19.1. The molecule has 0 aliphatic heterocycles. The van der Waals surface area contributed by atoms with Gasteiger partial charge in [0.2, 0.25) is 0 Å². The van der Waals surface area contributed by atoms with Gasteiger partial charge in [-0.3, -0.25) is 4.98 Å². The zero-order chi connectivity index (χ0) is 9.90. The lowest BCUT2D eigenvalue weighted by atomic mass is 10.0. The van der Waals surface area contributed by atoms with Gasteiger partial charge in [-0.25, -0.2) is 4.39 Å². The Morgan fingerprint density at radius 1 is 1.46 bits per heavy atom. The Morgan fingerprint density at radius 2 is 2.15 bits per heavy atom. The third-order valence-corrected chi connectivity index (χ3v) is 1.89. The van der Waals surface area contributed by atoms with Crippen molar-refractivity contribution in [3.63, 3.8) is 0 Å². The summed E-state index contributed by atoms with van der Waals surface area (Å²) in [4.78, 5) is 4.04. The molecule has 0 aliphatic carbocycles. The third-order valence-electron chi connectivity index (χ3n) is 1.89. The average molecular weight is 179 g/mol. The molecule has 0 saturated heterocycles. The number of alkyl halides is 1. The number of aryl methyl sites for hydroxylation is 1. The molecule has 0 radical (unpaired) electrons. The molecule has 13 heavy (non-hydrogen) atoms. The van der Waals surface area contributed by atoms with Crippen LogP contribution >= 0.6 is 0 Å². The molecule has 0 aromatic carbocycles. The zero-order valence-electron chi connectivity index (χ0n) is 8.21. The van der Waals surface area contributed by atoms with Gasteiger partial charge in [0.1, 0.15) is 0 Å². The van der Waals surface area contributed by atoms with Crippen LogP contribution in [-0.4, -0.2) is 4.98 Å². The fourth-order valence-electron chi connectivity index (χ4n) is 1.16. The molecule has 2 heteroatoms. The largest absolute Gasteiger partial charge is 0.257 e. The number of aromatic nitrogens is 1. The lowest BCUT2D eigenvalue weighted by Crippen LogP contribution is -2.13. The van der Waals surface area contributed by atoms with E-state index in [4.69, 9.17) is 0 Å². The van der Waals surface area contributed by atoms with Gasteiger partial charge in [-0.05, 0) is 38.5 Å². The number of nitrogens with zero attached hydrogens (tertiary/aromatic N) is 1. The minimum absolute atomic E-state index is 0.455. The van der Waals surface area contributed by atoms with Gasteiger partial charge in [0.15, 0.2) is 5.67 Å². The van der Waals surface area contributed by atoms with Crippen LogP contribution in [0.5, 0.6) is 0 Å². The maximum absolute atomic E-state index is 13.8. The third kappa shape index (κ3) is 2.38. The number of hydrogen-bond acceptors (Lipinski definition) is 1. The van der Waals surface area contributed by atoms with E-state index in [1.807, 2.05) is 13.0 Å². The molecule has 1 nitrogen and oxygen atoms in total. The van der Waals surface area contributed by atoms with Gasteiger partial charge in [0.05, 0.1) is 5.69 Å². The summed E-state index contributed by atoms with van der Waals surface area (Å²) in [6.45, 7) is 5.23. The minimum Gasteiger partial charge on any atom is -0.257 e. The van der Waals surface area contributed by atoms with Crippen molar-refractivity contribution in [1.29, 1.82) is 0 Å². The fraction of sp³-hybridized carbons (Fsp3) is 0.364. The normalized spacial score (nSPS) is 16.0. The van der Waals surface area contributed by atoms with Crippen LogP contribution in [0.4, 0.5) is 4.39 Å². The molecule has 1 atom stereocenters. The second-order valence-electron chi connectivity index (χ2n) is 3.30. The van der Waals surface area contributed by atoms with Crippen LogP contribution in [0.3, 0.4) is 0 Å². The first kappa shape index (κ1) is 9.90. The van der Waals surface area contributed by atoms with Crippen LogP contribution < -0.4 is 0 Å². The average Bonchev–Trinajstić information content (AvgIpc) is 2.05. The molecule has 1 rings (SSSR count). The molecule has 0 N–H and O–H groups in total. The summed E-state index contributed by atoms with van der Waals surface area (Å²) in [6.07, 6.45) is 4.88. The van der Waals surface area contributed by atoms with Crippen LogP contribution in [0.25, 0.3) is 0 Å². The smallest absolute Gasteiger partial charge is 0.168 e. The number of rotatable bonds is 2. The number of halogens is 1. The van der Waals surface area contributed by atoms with Crippen LogP contribution in [-0.2, 0) is 5.67 Å². The van der Waals surface area contributed by atoms with Gasteiger partial charge in [-0.2, -0.15) is 0 Å². The van der Waals surface area contributed by atoms with Crippen molar-refractivity contribution >= 4 is 0 Å². The van der Waals surface area contributed by atoms with Crippen molar-refractivity contribution < 1.29 is 4.39 Å². The molecule has 0 fully saturated rings. The molecule has 0 saturated carbocycles.